The summed E-state index contributed by atoms with van der Waals surface area (Å²) in [6, 6.07) is 9.32. The minimum absolute atomic E-state index is 0.400. The molecule has 0 aliphatic heterocycles. The molecule has 0 spiro atoms. The van der Waals surface area contributed by atoms with Gasteiger partial charge in [-0.15, -0.1) is 0 Å². The Morgan fingerprint density at radius 3 is 2.55 bits per heavy atom. The van der Waals surface area contributed by atoms with Gasteiger partial charge in [-0.3, -0.25) is 0 Å². The van der Waals surface area contributed by atoms with Gasteiger partial charge >= 0.3 is 0 Å². The predicted octanol–water partition coefficient (Wildman–Crippen LogP) is 2.76. The third kappa shape index (κ3) is 2.75. The molecule has 0 saturated heterocycles. The number of nitrogens with one attached hydrogen (secondary N) is 1. The Bertz CT molecular complexity index is 722. The lowest BCUT2D eigenvalue weighted by Gasteiger charge is -2.06. The van der Waals surface area contributed by atoms with Gasteiger partial charge in [-0.25, -0.2) is 19.6 Å². The summed E-state index contributed by atoms with van der Waals surface area (Å²) in [5, 5.41) is 7.73. The summed E-state index contributed by atoms with van der Waals surface area (Å²) in [5.41, 5.74) is 1.80. The van der Waals surface area contributed by atoms with Gasteiger partial charge in [-0.1, -0.05) is 11.6 Å². The molecule has 0 radical (unpaired) electrons. The van der Waals surface area contributed by atoms with Gasteiger partial charge in [0.1, 0.15) is 17.3 Å². The van der Waals surface area contributed by atoms with Crippen LogP contribution in [0.4, 0.5) is 11.6 Å². The third-order valence-corrected chi connectivity index (χ3v) is 2.83. The maximum atomic E-state index is 5.81. The molecule has 6 nitrogen and oxygen atoms in total. The average Bonchev–Trinajstić information content (AvgIpc) is 2.86. The smallest absolute Gasteiger partial charge is 0.228 e. The van der Waals surface area contributed by atoms with E-state index in [1.54, 1.807) is 23.3 Å². The molecule has 1 N–H and O–H groups in total. The zero-order valence-corrected chi connectivity index (χ0v) is 11.4. The van der Waals surface area contributed by atoms with Crippen molar-refractivity contribution in [3.05, 3.63) is 53.8 Å². The first-order valence-corrected chi connectivity index (χ1v) is 6.33. The van der Waals surface area contributed by atoms with Gasteiger partial charge in [0.05, 0.1) is 5.69 Å². The summed E-state index contributed by atoms with van der Waals surface area (Å²) in [4.78, 5) is 12.2. The Labute approximate surface area is 120 Å². The van der Waals surface area contributed by atoms with Gasteiger partial charge < -0.3 is 5.32 Å². The van der Waals surface area contributed by atoms with Crippen molar-refractivity contribution < 1.29 is 0 Å². The second-order valence-corrected chi connectivity index (χ2v) is 4.50. The fraction of sp³-hybridized carbons (Fsp3) is 0.0769. The first-order chi connectivity index (χ1) is 9.70. The zero-order valence-electron chi connectivity index (χ0n) is 10.7. The van der Waals surface area contributed by atoms with Crippen LogP contribution in [0, 0.1) is 6.92 Å². The highest BCUT2D eigenvalue weighted by molar-refractivity contribution is 6.29. The summed E-state index contributed by atoms with van der Waals surface area (Å²) in [5.74, 6) is 1.20. The lowest BCUT2D eigenvalue weighted by molar-refractivity contribution is 0.863. The van der Waals surface area contributed by atoms with E-state index in [1.807, 2.05) is 31.2 Å². The van der Waals surface area contributed by atoms with Crippen molar-refractivity contribution in [2.75, 3.05) is 5.32 Å². The minimum Gasteiger partial charge on any atom is -0.324 e. The standard InChI is InChI=1S/C13H11ClN6/c1-9-16-8-20(19-9)11-4-2-10(3-5-11)17-13-15-7-6-12(14)18-13/h2-8H,1H3,(H,15,17,18). The monoisotopic (exact) mass is 286 g/mol. The van der Waals surface area contributed by atoms with Gasteiger partial charge in [0, 0.05) is 11.9 Å². The molecule has 2 heterocycles. The van der Waals surface area contributed by atoms with Gasteiger partial charge in [-0.05, 0) is 37.3 Å². The lowest BCUT2D eigenvalue weighted by atomic mass is 10.3. The predicted molar refractivity (Wildman–Crippen MR) is 76.4 cm³/mol. The molecule has 2 aromatic heterocycles. The molecule has 0 bridgehead atoms. The Balaban J connectivity index is 1.79. The molecule has 0 aliphatic carbocycles. The van der Waals surface area contributed by atoms with Crippen LogP contribution in [-0.4, -0.2) is 24.7 Å². The number of hydrogen-bond donors (Lipinski definition) is 1. The highest BCUT2D eigenvalue weighted by atomic mass is 35.5. The van der Waals surface area contributed by atoms with Crippen LogP contribution in [0.1, 0.15) is 5.82 Å². The highest BCUT2D eigenvalue weighted by Crippen LogP contribution is 2.16. The molecule has 0 fully saturated rings. The van der Waals surface area contributed by atoms with Crippen LogP contribution in [0.3, 0.4) is 0 Å². The van der Waals surface area contributed by atoms with Crippen molar-refractivity contribution in [3.63, 3.8) is 0 Å². The summed E-state index contributed by atoms with van der Waals surface area (Å²) >= 11 is 5.81. The molecule has 3 aromatic rings. The van der Waals surface area contributed by atoms with E-state index in [4.69, 9.17) is 11.6 Å². The van der Waals surface area contributed by atoms with E-state index in [0.717, 1.165) is 17.2 Å². The Morgan fingerprint density at radius 1 is 1.10 bits per heavy atom. The van der Waals surface area contributed by atoms with Crippen LogP contribution in [0.2, 0.25) is 5.15 Å². The van der Waals surface area contributed by atoms with Crippen molar-refractivity contribution in [2.24, 2.45) is 0 Å². The first-order valence-electron chi connectivity index (χ1n) is 5.95. The molecule has 100 valence electrons. The Morgan fingerprint density at radius 2 is 1.90 bits per heavy atom. The number of anilines is 2. The van der Waals surface area contributed by atoms with Gasteiger partial charge in [-0.2, -0.15) is 5.10 Å². The van der Waals surface area contributed by atoms with E-state index >= 15 is 0 Å². The molecular formula is C13H11ClN6. The van der Waals surface area contributed by atoms with Crippen LogP contribution in [-0.2, 0) is 0 Å². The van der Waals surface area contributed by atoms with Crippen LogP contribution in [0.15, 0.2) is 42.9 Å². The molecule has 3 rings (SSSR count). The fourth-order valence-corrected chi connectivity index (χ4v) is 1.83. The van der Waals surface area contributed by atoms with Gasteiger partial charge in [0.2, 0.25) is 5.95 Å². The number of aromatic nitrogens is 5. The maximum absolute atomic E-state index is 5.81. The zero-order chi connectivity index (χ0) is 13.9. The molecule has 7 heteroatoms. The SMILES string of the molecule is Cc1ncn(-c2ccc(Nc3nccc(Cl)n3)cc2)n1. The maximum Gasteiger partial charge on any atom is 0.228 e. The normalized spacial score (nSPS) is 10.5. The number of halogens is 1. The quantitative estimate of drug-likeness (QED) is 0.750. The van der Waals surface area contributed by atoms with Crippen molar-refractivity contribution >= 4 is 23.2 Å². The van der Waals surface area contributed by atoms with Crippen molar-refractivity contribution in [3.8, 4) is 5.69 Å². The summed E-state index contributed by atoms with van der Waals surface area (Å²) < 4.78 is 1.72. The molecule has 0 unspecified atom stereocenters. The van der Waals surface area contributed by atoms with E-state index in [9.17, 15) is 0 Å². The largest absolute Gasteiger partial charge is 0.324 e. The van der Waals surface area contributed by atoms with E-state index < -0.39 is 0 Å². The second-order valence-electron chi connectivity index (χ2n) is 4.11. The summed E-state index contributed by atoms with van der Waals surface area (Å²) in [7, 11) is 0. The minimum atomic E-state index is 0.400. The molecule has 1 aromatic carbocycles. The highest BCUT2D eigenvalue weighted by Gasteiger charge is 2.01. The molecule has 20 heavy (non-hydrogen) atoms. The van der Waals surface area contributed by atoms with E-state index in [-0.39, 0.29) is 0 Å². The van der Waals surface area contributed by atoms with Gasteiger partial charge in [0.25, 0.3) is 0 Å². The molecule has 0 saturated carbocycles. The van der Waals surface area contributed by atoms with E-state index in [1.165, 1.54) is 0 Å². The third-order valence-electron chi connectivity index (χ3n) is 2.62. The molecular weight excluding hydrogens is 276 g/mol. The summed E-state index contributed by atoms with van der Waals surface area (Å²) in [6.45, 7) is 1.85. The number of hydrogen-bond acceptors (Lipinski definition) is 5. The number of rotatable bonds is 3. The van der Waals surface area contributed by atoms with Crippen LogP contribution < -0.4 is 5.32 Å². The Hall–Kier alpha value is -2.47. The van der Waals surface area contributed by atoms with E-state index in [2.05, 4.69) is 25.4 Å². The number of benzene rings is 1. The lowest BCUT2D eigenvalue weighted by Crippen LogP contribution is -1.98. The topological polar surface area (TPSA) is 68.5 Å². The van der Waals surface area contributed by atoms with Crippen molar-refractivity contribution in [1.29, 1.82) is 0 Å². The van der Waals surface area contributed by atoms with Crippen molar-refractivity contribution in [1.82, 2.24) is 24.7 Å². The van der Waals surface area contributed by atoms with Crippen LogP contribution >= 0.6 is 11.6 Å². The summed E-state index contributed by atoms with van der Waals surface area (Å²) in [6.07, 6.45) is 3.28. The average molecular weight is 287 g/mol. The number of nitrogens with zero attached hydrogens (tertiary/aromatic N) is 5. The van der Waals surface area contributed by atoms with Gasteiger partial charge in [0.15, 0.2) is 0 Å². The van der Waals surface area contributed by atoms with Crippen LogP contribution in [0.25, 0.3) is 5.69 Å². The number of aryl methyl sites for hydroxylation is 1. The van der Waals surface area contributed by atoms with E-state index in [0.29, 0.717) is 11.1 Å². The molecule has 0 amide bonds. The Kier molecular flexibility index (Phi) is 3.30. The van der Waals surface area contributed by atoms with Crippen LogP contribution in [0.5, 0.6) is 0 Å². The van der Waals surface area contributed by atoms with Crippen molar-refractivity contribution in [2.45, 2.75) is 6.92 Å². The fourth-order valence-electron chi connectivity index (χ4n) is 1.69. The second kappa shape index (κ2) is 5.26. The molecule has 0 atom stereocenters. The molecule has 0 aliphatic rings. The first kappa shape index (κ1) is 12.6.